The summed E-state index contributed by atoms with van der Waals surface area (Å²) in [6.45, 7) is 4.46. The summed E-state index contributed by atoms with van der Waals surface area (Å²) >= 11 is 1.39. The zero-order chi connectivity index (χ0) is 23.3. The number of ether oxygens (including phenoxy) is 1. The topological polar surface area (TPSA) is 132 Å². The number of para-hydroxylation sites is 1. The predicted octanol–water partition coefficient (Wildman–Crippen LogP) is 3.07. The maximum atomic E-state index is 12.3. The lowest BCUT2D eigenvalue weighted by Gasteiger charge is -2.10. The lowest BCUT2D eigenvalue weighted by atomic mass is 10.1. The number of carbonyl (C=O) groups is 3. The van der Waals surface area contributed by atoms with Gasteiger partial charge in [0.25, 0.3) is 0 Å². The van der Waals surface area contributed by atoms with Crippen molar-refractivity contribution in [3.05, 3.63) is 75.8 Å². The van der Waals surface area contributed by atoms with Crippen LogP contribution >= 0.6 is 11.8 Å². The molecule has 0 aliphatic carbocycles. The summed E-state index contributed by atoms with van der Waals surface area (Å²) in [4.78, 5) is 46.2. The third-order valence-corrected chi connectivity index (χ3v) is 5.28. The highest BCUT2D eigenvalue weighted by Gasteiger charge is 2.21. The summed E-state index contributed by atoms with van der Waals surface area (Å²) in [6.07, 6.45) is 0. The van der Waals surface area contributed by atoms with Crippen molar-refractivity contribution in [1.29, 1.82) is 0 Å². The lowest BCUT2D eigenvalue weighted by molar-refractivity contribution is -0.806. The fourth-order valence-corrected chi connectivity index (χ4v) is 3.44. The molecule has 11 heteroatoms. The van der Waals surface area contributed by atoms with Gasteiger partial charge in [-0.2, -0.15) is 0 Å². The number of thioether (sulfide) groups is 1. The number of hydrogen-bond acceptors (Lipinski definition) is 10. The third-order valence-electron chi connectivity index (χ3n) is 4.25. The molecule has 166 valence electrons. The Kier molecular flexibility index (Phi) is 7.11. The van der Waals surface area contributed by atoms with Crippen LogP contribution in [0.15, 0.2) is 52.0 Å². The molecular formula is C21H18N2O8S. The zero-order valence-corrected chi connectivity index (χ0v) is 18.1. The van der Waals surface area contributed by atoms with Gasteiger partial charge >= 0.3 is 17.9 Å². The number of nitrogens with zero attached hydrogens (tertiary/aromatic N) is 2. The monoisotopic (exact) mass is 458 g/mol. The number of aromatic nitrogens is 2. The van der Waals surface area contributed by atoms with Crippen molar-refractivity contribution < 1.29 is 38.4 Å². The molecule has 0 spiro atoms. The van der Waals surface area contributed by atoms with Crippen molar-refractivity contribution in [3.8, 4) is 5.75 Å². The minimum atomic E-state index is -0.982. The second-order valence-corrected chi connectivity index (χ2v) is 7.61. The summed E-state index contributed by atoms with van der Waals surface area (Å²) in [5.74, 6) is -2.02. The highest BCUT2D eigenvalue weighted by molar-refractivity contribution is 7.98. The first-order valence-corrected chi connectivity index (χ1v) is 10.2. The zero-order valence-electron chi connectivity index (χ0n) is 17.3. The Bertz CT molecular complexity index is 1160. The average molecular weight is 458 g/mol. The largest absolute Gasteiger partial charge is 0.426 e. The van der Waals surface area contributed by atoms with Crippen LogP contribution in [0.2, 0.25) is 0 Å². The van der Waals surface area contributed by atoms with Gasteiger partial charge < -0.3 is 9.94 Å². The van der Waals surface area contributed by atoms with Crippen molar-refractivity contribution in [1.82, 2.24) is 5.16 Å². The Morgan fingerprint density at radius 3 is 2.38 bits per heavy atom. The summed E-state index contributed by atoms with van der Waals surface area (Å²) < 4.78 is 9.57. The van der Waals surface area contributed by atoms with Gasteiger partial charge in [0, 0.05) is 23.9 Å². The lowest BCUT2D eigenvalue weighted by Crippen LogP contribution is -2.25. The molecule has 0 aliphatic heterocycles. The normalized spacial score (nSPS) is 10.5. The molecule has 0 N–H and O–H groups in total. The van der Waals surface area contributed by atoms with E-state index in [-0.39, 0.29) is 16.9 Å². The van der Waals surface area contributed by atoms with E-state index in [2.05, 4.69) is 19.6 Å². The molecule has 10 nitrogen and oxygen atoms in total. The number of rotatable bonds is 6. The van der Waals surface area contributed by atoms with Gasteiger partial charge in [-0.15, -0.1) is 11.8 Å². The first kappa shape index (κ1) is 22.8. The van der Waals surface area contributed by atoms with Crippen LogP contribution in [0, 0.1) is 19.1 Å². The van der Waals surface area contributed by atoms with Gasteiger partial charge in [-0.25, -0.2) is 19.4 Å². The van der Waals surface area contributed by atoms with E-state index >= 15 is 0 Å². The summed E-state index contributed by atoms with van der Waals surface area (Å²) in [5.41, 5.74) is 1.54. The molecule has 0 unspecified atom stereocenters. The fraction of sp³-hybridized carbons (Fsp3) is 0.190. The van der Waals surface area contributed by atoms with Gasteiger partial charge in [-0.1, -0.05) is 12.1 Å². The van der Waals surface area contributed by atoms with Crippen molar-refractivity contribution in [3.63, 3.8) is 0 Å². The van der Waals surface area contributed by atoms with Crippen LogP contribution in [0.25, 0.3) is 0 Å². The van der Waals surface area contributed by atoms with E-state index in [0.717, 1.165) is 4.90 Å². The highest BCUT2D eigenvalue weighted by Crippen LogP contribution is 2.25. The Labute approximate surface area is 186 Å². The molecule has 3 aromatic rings. The van der Waals surface area contributed by atoms with Gasteiger partial charge in [0.15, 0.2) is 5.69 Å². The second-order valence-electron chi connectivity index (χ2n) is 6.56. The van der Waals surface area contributed by atoms with Crippen LogP contribution in [-0.4, -0.2) is 23.1 Å². The van der Waals surface area contributed by atoms with E-state index in [1.165, 1.54) is 36.9 Å². The van der Waals surface area contributed by atoms with Crippen LogP contribution in [0.1, 0.15) is 44.6 Å². The molecule has 0 saturated carbocycles. The van der Waals surface area contributed by atoms with Crippen LogP contribution in [-0.2, 0) is 20.3 Å². The quantitative estimate of drug-likeness (QED) is 0.136. The third kappa shape index (κ3) is 5.43. The maximum absolute atomic E-state index is 12.3. The fourth-order valence-electron chi connectivity index (χ4n) is 2.55. The van der Waals surface area contributed by atoms with Gasteiger partial charge in [0.1, 0.15) is 11.3 Å². The predicted molar refractivity (Wildman–Crippen MR) is 110 cm³/mol. The Hall–Kier alpha value is -3.86. The molecule has 0 aliphatic rings. The number of hydrogen-bond donors (Lipinski definition) is 0. The Morgan fingerprint density at radius 2 is 1.75 bits per heavy atom. The first-order valence-electron chi connectivity index (χ1n) is 9.25. The molecule has 0 bridgehead atoms. The number of esters is 1. The summed E-state index contributed by atoms with van der Waals surface area (Å²) in [5, 5.41) is 14.9. The summed E-state index contributed by atoms with van der Waals surface area (Å²) in [7, 11) is 0. The Morgan fingerprint density at radius 1 is 1.06 bits per heavy atom. The molecule has 32 heavy (non-hydrogen) atoms. The van der Waals surface area contributed by atoms with E-state index in [1.54, 1.807) is 38.1 Å². The van der Waals surface area contributed by atoms with E-state index in [1.807, 2.05) is 0 Å². The molecule has 0 amide bonds. The molecule has 0 atom stereocenters. The van der Waals surface area contributed by atoms with Crippen molar-refractivity contribution in [2.45, 2.75) is 31.4 Å². The second kappa shape index (κ2) is 9.96. The van der Waals surface area contributed by atoms with Crippen LogP contribution in [0.5, 0.6) is 5.75 Å². The van der Waals surface area contributed by atoms with E-state index in [0.29, 0.717) is 27.6 Å². The number of carbonyl (C=O) groups excluding carboxylic acids is 3. The number of aryl methyl sites for hydroxylation is 1. The Balaban J connectivity index is 1.58. The van der Waals surface area contributed by atoms with Crippen molar-refractivity contribution >= 4 is 29.7 Å². The molecule has 1 heterocycles. The first-order chi connectivity index (χ1) is 15.3. The molecule has 0 fully saturated rings. The van der Waals surface area contributed by atoms with Gasteiger partial charge in [-0.3, -0.25) is 9.42 Å². The van der Waals surface area contributed by atoms with Crippen molar-refractivity contribution in [2.24, 2.45) is 0 Å². The average Bonchev–Trinajstić information content (AvgIpc) is 3.09. The van der Waals surface area contributed by atoms with Crippen LogP contribution < -0.4 is 9.64 Å². The molecule has 2 aromatic carbocycles. The van der Waals surface area contributed by atoms with Crippen LogP contribution in [0.3, 0.4) is 0 Å². The van der Waals surface area contributed by atoms with Gasteiger partial charge in [-0.05, 0) is 47.7 Å². The number of benzene rings is 2. The SMILES string of the molecule is CC(=O)Oc1c(C)cccc1C(=O)OOC(=O)c1ccc(SCc2no[n+]([O-])c2C)cc1. The minimum Gasteiger partial charge on any atom is -0.426 e. The van der Waals surface area contributed by atoms with Gasteiger partial charge in [0.05, 0.1) is 11.3 Å². The van der Waals surface area contributed by atoms with E-state index in [4.69, 9.17) is 4.74 Å². The summed E-state index contributed by atoms with van der Waals surface area (Å²) in [6, 6.07) is 11.0. The molecule has 0 saturated heterocycles. The van der Waals surface area contributed by atoms with E-state index in [9.17, 15) is 19.6 Å². The smallest absolute Gasteiger partial charge is 0.390 e. The molecule has 1 aromatic heterocycles. The maximum Gasteiger partial charge on any atom is 0.390 e. The highest BCUT2D eigenvalue weighted by atomic mass is 32.2. The molecule has 3 rings (SSSR count). The molecular weight excluding hydrogens is 440 g/mol. The van der Waals surface area contributed by atoms with E-state index < -0.39 is 17.9 Å². The van der Waals surface area contributed by atoms with Crippen molar-refractivity contribution in [2.75, 3.05) is 0 Å². The van der Waals surface area contributed by atoms with Crippen LogP contribution in [0.4, 0.5) is 0 Å². The molecule has 0 radical (unpaired) electrons. The minimum absolute atomic E-state index is 0.0345. The van der Waals surface area contributed by atoms with Gasteiger partial charge in [0.2, 0.25) is 5.69 Å². The standard InChI is InChI=1S/C21H18N2O8S/c1-12-5-4-6-17(19(12)28-14(3)24)21(26)30-29-20(25)15-7-9-16(10-8-15)32-11-18-13(2)23(27)31-22-18/h4-10H,11H2,1-3H3.